The predicted molar refractivity (Wildman–Crippen MR) is 83.7 cm³/mol. The van der Waals surface area contributed by atoms with Gasteiger partial charge in [0, 0.05) is 7.05 Å². The lowest BCUT2D eigenvalue weighted by atomic mass is 10.1. The largest absolute Gasteiger partial charge is 0.455 e. The van der Waals surface area contributed by atoms with Crippen LogP contribution in [0.15, 0.2) is 22.7 Å². The van der Waals surface area contributed by atoms with Gasteiger partial charge in [-0.1, -0.05) is 6.42 Å². The molecule has 1 saturated heterocycles. The first-order valence-corrected chi connectivity index (χ1v) is 7.72. The van der Waals surface area contributed by atoms with Gasteiger partial charge in [0.1, 0.15) is 23.2 Å². The number of carbonyl (C=O) groups excluding carboxylic acids is 1. The fourth-order valence-corrected chi connectivity index (χ4v) is 2.76. The summed E-state index contributed by atoms with van der Waals surface area (Å²) in [6, 6.07) is 5.49. The van der Waals surface area contributed by atoms with E-state index in [4.69, 9.17) is 9.68 Å². The Morgan fingerprint density at radius 1 is 1.39 bits per heavy atom. The normalized spacial score (nSPS) is 15.3. The molecule has 1 aliphatic rings. The number of piperidine rings is 1. The van der Waals surface area contributed by atoms with Crippen LogP contribution in [0.4, 0.5) is 5.82 Å². The van der Waals surface area contributed by atoms with Crippen molar-refractivity contribution in [3.05, 3.63) is 35.4 Å². The molecule has 23 heavy (non-hydrogen) atoms. The summed E-state index contributed by atoms with van der Waals surface area (Å²) < 4.78 is 7.10. The Labute approximate surface area is 134 Å². The van der Waals surface area contributed by atoms with E-state index in [2.05, 4.69) is 15.3 Å². The second-order valence-corrected chi connectivity index (χ2v) is 5.70. The molecule has 0 spiro atoms. The number of nitrogens with one attached hydrogen (secondary N) is 1. The van der Waals surface area contributed by atoms with E-state index in [0.29, 0.717) is 11.4 Å². The number of carbonyl (C=O) groups is 1. The first-order chi connectivity index (χ1) is 11.2. The third-order valence-corrected chi connectivity index (χ3v) is 4.00. The van der Waals surface area contributed by atoms with Gasteiger partial charge in [-0.25, -0.2) is 0 Å². The number of furan rings is 1. The Kier molecular flexibility index (Phi) is 4.44. The van der Waals surface area contributed by atoms with Crippen LogP contribution in [-0.4, -0.2) is 33.7 Å². The monoisotopic (exact) mass is 313 g/mol. The number of anilines is 1. The van der Waals surface area contributed by atoms with Crippen molar-refractivity contribution in [1.82, 2.24) is 14.7 Å². The number of aryl methyl sites for hydroxylation is 1. The van der Waals surface area contributed by atoms with Crippen LogP contribution in [-0.2, 0) is 13.6 Å². The molecule has 0 aromatic carbocycles. The summed E-state index contributed by atoms with van der Waals surface area (Å²) in [5, 5.41) is 15.7. The molecule has 3 heterocycles. The molecule has 0 radical (unpaired) electrons. The number of hydrogen-bond acceptors (Lipinski definition) is 5. The summed E-state index contributed by atoms with van der Waals surface area (Å²) in [5.41, 5.74) is 0.320. The molecular formula is C16H19N5O2. The Morgan fingerprint density at radius 3 is 2.91 bits per heavy atom. The maximum atomic E-state index is 12.3. The number of hydrogen-bond donors (Lipinski definition) is 1. The van der Waals surface area contributed by atoms with Gasteiger partial charge in [0.2, 0.25) is 0 Å². The van der Waals surface area contributed by atoms with E-state index < -0.39 is 0 Å². The van der Waals surface area contributed by atoms with E-state index in [1.165, 1.54) is 30.1 Å². The molecule has 0 saturated carbocycles. The Hall–Kier alpha value is -2.59. The highest BCUT2D eigenvalue weighted by Gasteiger charge is 2.18. The standard InChI is InChI=1S/C16H19N5O2/c1-20-15(12(9-17)10-18-20)19-16(22)14-6-5-13(23-14)11-21-7-3-2-4-8-21/h5-6,10H,2-4,7-8,11H2,1H3,(H,19,22). The lowest BCUT2D eigenvalue weighted by Crippen LogP contribution is -2.28. The zero-order valence-corrected chi connectivity index (χ0v) is 13.1. The van der Waals surface area contributed by atoms with Crippen LogP contribution >= 0.6 is 0 Å². The van der Waals surface area contributed by atoms with Crippen LogP contribution in [0.5, 0.6) is 0 Å². The van der Waals surface area contributed by atoms with Crippen molar-refractivity contribution >= 4 is 11.7 Å². The van der Waals surface area contributed by atoms with E-state index in [1.54, 1.807) is 13.1 Å². The fourth-order valence-electron chi connectivity index (χ4n) is 2.76. The second kappa shape index (κ2) is 6.67. The number of amides is 1. The van der Waals surface area contributed by atoms with Gasteiger partial charge in [0.15, 0.2) is 5.76 Å². The SMILES string of the molecule is Cn1ncc(C#N)c1NC(=O)c1ccc(CN2CCCCC2)o1. The van der Waals surface area contributed by atoms with Gasteiger partial charge in [0.05, 0.1) is 12.7 Å². The van der Waals surface area contributed by atoms with Crippen molar-refractivity contribution < 1.29 is 9.21 Å². The highest BCUT2D eigenvalue weighted by molar-refractivity contribution is 6.02. The summed E-state index contributed by atoms with van der Waals surface area (Å²) in [6.07, 6.45) is 5.13. The molecular weight excluding hydrogens is 294 g/mol. The number of aromatic nitrogens is 2. The van der Waals surface area contributed by atoms with Crippen molar-refractivity contribution in [2.75, 3.05) is 18.4 Å². The molecule has 7 nitrogen and oxygen atoms in total. The van der Waals surface area contributed by atoms with Crippen molar-refractivity contribution in [3.63, 3.8) is 0 Å². The van der Waals surface area contributed by atoms with Gasteiger partial charge in [-0.15, -0.1) is 0 Å². The highest BCUT2D eigenvalue weighted by atomic mass is 16.4. The Morgan fingerprint density at radius 2 is 2.17 bits per heavy atom. The maximum absolute atomic E-state index is 12.3. The van der Waals surface area contributed by atoms with Crippen LogP contribution < -0.4 is 5.32 Å². The first-order valence-electron chi connectivity index (χ1n) is 7.72. The number of likely N-dealkylation sites (tertiary alicyclic amines) is 1. The molecule has 2 aromatic heterocycles. The van der Waals surface area contributed by atoms with Crippen LogP contribution in [0.2, 0.25) is 0 Å². The van der Waals surface area contributed by atoms with Crippen LogP contribution in [0, 0.1) is 11.3 Å². The Bertz CT molecular complexity index is 734. The van der Waals surface area contributed by atoms with Gasteiger partial charge in [-0.05, 0) is 38.1 Å². The van der Waals surface area contributed by atoms with Crippen molar-refractivity contribution in [2.24, 2.45) is 7.05 Å². The highest BCUT2D eigenvalue weighted by Crippen LogP contribution is 2.18. The van der Waals surface area contributed by atoms with E-state index in [1.807, 2.05) is 12.1 Å². The molecule has 1 amide bonds. The number of nitriles is 1. The van der Waals surface area contributed by atoms with Crippen molar-refractivity contribution in [3.8, 4) is 6.07 Å². The van der Waals surface area contributed by atoms with E-state index in [-0.39, 0.29) is 11.7 Å². The molecule has 2 aromatic rings. The minimum absolute atomic E-state index is 0.238. The minimum Gasteiger partial charge on any atom is -0.455 e. The molecule has 0 atom stereocenters. The zero-order chi connectivity index (χ0) is 16.2. The summed E-state index contributed by atoms with van der Waals surface area (Å²) in [7, 11) is 1.67. The number of nitrogens with zero attached hydrogens (tertiary/aromatic N) is 4. The van der Waals surface area contributed by atoms with Crippen LogP contribution in [0.1, 0.15) is 41.1 Å². The molecule has 1 aliphatic heterocycles. The summed E-state index contributed by atoms with van der Waals surface area (Å²) in [5.74, 6) is 1.01. The molecule has 3 rings (SSSR count). The first kappa shape index (κ1) is 15.3. The average Bonchev–Trinajstić information content (AvgIpc) is 3.16. The molecule has 0 unspecified atom stereocenters. The summed E-state index contributed by atoms with van der Waals surface area (Å²) >= 11 is 0. The zero-order valence-electron chi connectivity index (χ0n) is 13.1. The minimum atomic E-state index is -0.380. The Balaban J connectivity index is 1.66. The third kappa shape index (κ3) is 3.43. The lowest BCUT2D eigenvalue weighted by Gasteiger charge is -2.25. The molecule has 0 bridgehead atoms. The summed E-state index contributed by atoms with van der Waals surface area (Å²) in [6.45, 7) is 2.87. The molecule has 1 N–H and O–H groups in total. The van der Waals surface area contributed by atoms with E-state index in [0.717, 1.165) is 25.4 Å². The average molecular weight is 313 g/mol. The van der Waals surface area contributed by atoms with Gasteiger partial charge < -0.3 is 9.73 Å². The predicted octanol–water partition coefficient (Wildman–Crippen LogP) is 2.12. The molecule has 120 valence electrons. The fraction of sp³-hybridized carbons (Fsp3) is 0.438. The van der Waals surface area contributed by atoms with Crippen LogP contribution in [0.25, 0.3) is 0 Å². The quantitative estimate of drug-likeness (QED) is 0.934. The van der Waals surface area contributed by atoms with Crippen LogP contribution in [0.3, 0.4) is 0 Å². The second-order valence-electron chi connectivity index (χ2n) is 5.70. The van der Waals surface area contributed by atoms with Gasteiger partial charge in [-0.2, -0.15) is 10.4 Å². The topological polar surface area (TPSA) is 87.1 Å². The van der Waals surface area contributed by atoms with Gasteiger partial charge >= 0.3 is 0 Å². The molecule has 7 heteroatoms. The number of rotatable bonds is 4. The lowest BCUT2D eigenvalue weighted by molar-refractivity contribution is 0.0991. The van der Waals surface area contributed by atoms with E-state index in [9.17, 15) is 4.79 Å². The summed E-state index contributed by atoms with van der Waals surface area (Å²) in [4.78, 5) is 14.6. The molecule has 0 aliphatic carbocycles. The van der Waals surface area contributed by atoms with Gasteiger partial charge in [0.25, 0.3) is 5.91 Å². The van der Waals surface area contributed by atoms with Crippen molar-refractivity contribution in [1.29, 1.82) is 5.26 Å². The maximum Gasteiger partial charge on any atom is 0.292 e. The third-order valence-electron chi connectivity index (χ3n) is 4.00. The smallest absolute Gasteiger partial charge is 0.292 e. The van der Waals surface area contributed by atoms with Gasteiger partial charge in [-0.3, -0.25) is 14.4 Å². The molecule has 1 fully saturated rings. The van der Waals surface area contributed by atoms with E-state index >= 15 is 0 Å². The van der Waals surface area contributed by atoms with Crippen molar-refractivity contribution in [2.45, 2.75) is 25.8 Å².